The SMILES string of the molecule is Cc1ccc([C@@H](O)[C@@H](C)N)nc1. The molecule has 0 amide bonds. The van der Waals surface area contributed by atoms with Crippen molar-refractivity contribution >= 4 is 0 Å². The van der Waals surface area contributed by atoms with E-state index < -0.39 is 6.10 Å². The van der Waals surface area contributed by atoms with Gasteiger partial charge in [-0.05, 0) is 25.5 Å². The lowest BCUT2D eigenvalue weighted by Crippen LogP contribution is -2.25. The van der Waals surface area contributed by atoms with Crippen LogP contribution in [0.1, 0.15) is 24.3 Å². The fourth-order valence-corrected chi connectivity index (χ4v) is 0.924. The Morgan fingerprint density at radius 3 is 2.58 bits per heavy atom. The molecule has 66 valence electrons. The maximum atomic E-state index is 9.50. The number of hydrogen-bond acceptors (Lipinski definition) is 3. The van der Waals surface area contributed by atoms with E-state index >= 15 is 0 Å². The summed E-state index contributed by atoms with van der Waals surface area (Å²) in [4.78, 5) is 4.07. The fourth-order valence-electron chi connectivity index (χ4n) is 0.924. The second kappa shape index (κ2) is 3.65. The first-order valence-electron chi connectivity index (χ1n) is 3.97. The molecule has 3 nitrogen and oxygen atoms in total. The molecule has 1 aromatic rings. The molecule has 1 rings (SSSR count). The van der Waals surface area contributed by atoms with Gasteiger partial charge in [0.25, 0.3) is 0 Å². The first kappa shape index (κ1) is 9.16. The fraction of sp³-hybridized carbons (Fsp3) is 0.444. The molecule has 0 aromatic carbocycles. The van der Waals surface area contributed by atoms with E-state index in [0.29, 0.717) is 5.69 Å². The number of pyridine rings is 1. The van der Waals surface area contributed by atoms with E-state index in [1.807, 2.05) is 13.0 Å². The monoisotopic (exact) mass is 166 g/mol. The van der Waals surface area contributed by atoms with Gasteiger partial charge in [-0.15, -0.1) is 0 Å². The van der Waals surface area contributed by atoms with Crippen molar-refractivity contribution in [3.8, 4) is 0 Å². The van der Waals surface area contributed by atoms with Crippen molar-refractivity contribution < 1.29 is 5.11 Å². The zero-order chi connectivity index (χ0) is 9.14. The summed E-state index contributed by atoms with van der Waals surface area (Å²) in [5, 5.41) is 9.50. The molecule has 0 bridgehead atoms. The number of hydrogen-bond donors (Lipinski definition) is 2. The zero-order valence-electron chi connectivity index (χ0n) is 7.36. The van der Waals surface area contributed by atoms with Gasteiger partial charge in [0.15, 0.2) is 0 Å². The quantitative estimate of drug-likeness (QED) is 0.682. The summed E-state index contributed by atoms with van der Waals surface area (Å²) in [7, 11) is 0. The summed E-state index contributed by atoms with van der Waals surface area (Å²) in [6, 6.07) is 3.43. The molecule has 12 heavy (non-hydrogen) atoms. The van der Waals surface area contributed by atoms with E-state index in [1.54, 1.807) is 19.2 Å². The van der Waals surface area contributed by atoms with Crippen LogP contribution in [0.3, 0.4) is 0 Å². The summed E-state index contributed by atoms with van der Waals surface area (Å²) in [6.07, 6.45) is 1.06. The molecule has 3 N–H and O–H groups in total. The molecule has 0 spiro atoms. The van der Waals surface area contributed by atoms with Gasteiger partial charge in [-0.25, -0.2) is 0 Å². The molecular weight excluding hydrogens is 152 g/mol. The molecule has 0 aliphatic carbocycles. The first-order valence-corrected chi connectivity index (χ1v) is 3.97. The molecule has 0 saturated carbocycles. The Morgan fingerprint density at radius 2 is 2.17 bits per heavy atom. The summed E-state index contributed by atoms with van der Waals surface area (Å²) in [6.45, 7) is 3.71. The highest BCUT2D eigenvalue weighted by atomic mass is 16.3. The molecule has 1 aromatic heterocycles. The normalized spacial score (nSPS) is 15.7. The minimum absolute atomic E-state index is 0.278. The van der Waals surface area contributed by atoms with Gasteiger partial charge >= 0.3 is 0 Å². The lowest BCUT2D eigenvalue weighted by atomic mass is 10.1. The van der Waals surface area contributed by atoms with Crippen molar-refractivity contribution in [3.63, 3.8) is 0 Å². The molecule has 0 aliphatic heterocycles. The maximum absolute atomic E-state index is 9.50. The standard InChI is InChI=1S/C9H14N2O/c1-6-3-4-8(11-5-6)9(12)7(2)10/h3-5,7,9,12H,10H2,1-2H3/t7-,9+/m1/s1. The van der Waals surface area contributed by atoms with Crippen LogP contribution in [0, 0.1) is 6.92 Å². The second-order valence-corrected chi connectivity index (χ2v) is 3.06. The smallest absolute Gasteiger partial charge is 0.111 e. The van der Waals surface area contributed by atoms with Crippen molar-refractivity contribution in [2.45, 2.75) is 26.0 Å². The number of rotatable bonds is 2. The van der Waals surface area contributed by atoms with E-state index in [9.17, 15) is 5.11 Å². The Hall–Kier alpha value is -0.930. The molecule has 0 fully saturated rings. The average molecular weight is 166 g/mol. The highest BCUT2D eigenvalue weighted by Crippen LogP contribution is 2.12. The van der Waals surface area contributed by atoms with Crippen molar-refractivity contribution in [2.24, 2.45) is 5.73 Å². The molecule has 0 aliphatic rings. The topological polar surface area (TPSA) is 59.1 Å². The van der Waals surface area contributed by atoms with Crippen LogP contribution in [0.25, 0.3) is 0 Å². The van der Waals surface area contributed by atoms with Gasteiger partial charge in [0.05, 0.1) is 5.69 Å². The number of nitrogens with zero attached hydrogens (tertiary/aromatic N) is 1. The van der Waals surface area contributed by atoms with E-state index in [2.05, 4.69) is 4.98 Å². The van der Waals surface area contributed by atoms with Gasteiger partial charge in [0.2, 0.25) is 0 Å². The number of aliphatic hydroxyl groups excluding tert-OH is 1. The highest BCUT2D eigenvalue weighted by molar-refractivity contribution is 5.14. The van der Waals surface area contributed by atoms with Crippen molar-refractivity contribution in [1.82, 2.24) is 4.98 Å². The Balaban J connectivity index is 2.82. The third-order valence-corrected chi connectivity index (χ3v) is 1.74. The second-order valence-electron chi connectivity index (χ2n) is 3.06. The third-order valence-electron chi connectivity index (χ3n) is 1.74. The minimum atomic E-state index is -0.661. The predicted molar refractivity (Wildman–Crippen MR) is 47.6 cm³/mol. The van der Waals surface area contributed by atoms with Gasteiger partial charge < -0.3 is 10.8 Å². The van der Waals surface area contributed by atoms with Crippen LogP contribution in [0.15, 0.2) is 18.3 Å². The van der Waals surface area contributed by atoms with Gasteiger partial charge in [-0.3, -0.25) is 4.98 Å². The molecular formula is C9H14N2O. The third kappa shape index (κ3) is 2.03. The lowest BCUT2D eigenvalue weighted by molar-refractivity contribution is 0.149. The van der Waals surface area contributed by atoms with Crippen LogP contribution >= 0.6 is 0 Å². The van der Waals surface area contributed by atoms with Gasteiger partial charge in [0.1, 0.15) is 6.10 Å². The molecule has 1 heterocycles. The number of aliphatic hydroxyl groups is 1. The molecule has 0 saturated heterocycles. The number of nitrogens with two attached hydrogens (primary N) is 1. The Bertz CT molecular complexity index is 243. The highest BCUT2D eigenvalue weighted by Gasteiger charge is 2.12. The van der Waals surface area contributed by atoms with Gasteiger partial charge in [0, 0.05) is 12.2 Å². The van der Waals surface area contributed by atoms with E-state index in [1.165, 1.54) is 0 Å². The van der Waals surface area contributed by atoms with Crippen LogP contribution in [-0.2, 0) is 0 Å². The van der Waals surface area contributed by atoms with Crippen molar-refractivity contribution in [3.05, 3.63) is 29.6 Å². The molecule has 2 atom stereocenters. The van der Waals surface area contributed by atoms with Crippen LogP contribution in [0.4, 0.5) is 0 Å². The zero-order valence-corrected chi connectivity index (χ0v) is 7.36. The summed E-state index contributed by atoms with van der Waals surface area (Å²) >= 11 is 0. The van der Waals surface area contributed by atoms with Crippen molar-refractivity contribution in [1.29, 1.82) is 0 Å². The predicted octanol–water partition coefficient (Wildman–Crippen LogP) is 0.771. The summed E-state index contributed by atoms with van der Waals surface area (Å²) in [5.74, 6) is 0. The molecule has 3 heteroatoms. The average Bonchev–Trinajstić information content (AvgIpc) is 2.04. The summed E-state index contributed by atoms with van der Waals surface area (Å²) in [5.41, 5.74) is 7.23. The van der Waals surface area contributed by atoms with Crippen molar-refractivity contribution in [2.75, 3.05) is 0 Å². The Labute approximate surface area is 72.2 Å². The lowest BCUT2D eigenvalue weighted by Gasteiger charge is -2.13. The van der Waals surface area contributed by atoms with Crippen LogP contribution in [0.2, 0.25) is 0 Å². The number of aromatic nitrogens is 1. The van der Waals surface area contributed by atoms with Crippen LogP contribution < -0.4 is 5.73 Å². The first-order chi connectivity index (χ1) is 5.61. The molecule has 0 unspecified atom stereocenters. The van der Waals surface area contributed by atoms with E-state index in [-0.39, 0.29) is 6.04 Å². The maximum Gasteiger partial charge on any atom is 0.111 e. The number of aryl methyl sites for hydroxylation is 1. The minimum Gasteiger partial charge on any atom is -0.385 e. The van der Waals surface area contributed by atoms with Crippen LogP contribution in [0.5, 0.6) is 0 Å². The largest absolute Gasteiger partial charge is 0.385 e. The van der Waals surface area contributed by atoms with Crippen LogP contribution in [-0.4, -0.2) is 16.1 Å². The summed E-state index contributed by atoms with van der Waals surface area (Å²) < 4.78 is 0. The molecule has 0 radical (unpaired) electrons. The van der Waals surface area contributed by atoms with E-state index in [4.69, 9.17) is 5.73 Å². The Morgan fingerprint density at radius 1 is 1.50 bits per heavy atom. The Kier molecular flexibility index (Phi) is 2.78. The van der Waals surface area contributed by atoms with Gasteiger partial charge in [-0.1, -0.05) is 6.07 Å². The van der Waals surface area contributed by atoms with Gasteiger partial charge in [-0.2, -0.15) is 0 Å². The van der Waals surface area contributed by atoms with E-state index in [0.717, 1.165) is 5.56 Å².